The Bertz CT molecular complexity index is 1140. The molecule has 0 amide bonds. The first kappa shape index (κ1) is 22.0. The van der Waals surface area contributed by atoms with Gasteiger partial charge in [0.1, 0.15) is 24.8 Å². The molecule has 0 N–H and O–H groups in total. The molecule has 0 bridgehead atoms. The molecule has 31 heavy (non-hydrogen) atoms. The number of hydrogen-bond donors (Lipinski definition) is 0. The van der Waals surface area contributed by atoms with E-state index in [1.165, 1.54) is 43.3 Å². The third-order valence-electron chi connectivity index (χ3n) is 4.12. The van der Waals surface area contributed by atoms with Gasteiger partial charge in [-0.25, -0.2) is 13.9 Å². The summed E-state index contributed by atoms with van der Waals surface area (Å²) in [5, 5.41) is 3.89. The average molecular weight is 436 g/mol. The molecule has 0 aliphatic rings. The van der Waals surface area contributed by atoms with E-state index in [-0.39, 0.29) is 24.6 Å². The molecule has 1 heterocycles. The van der Waals surface area contributed by atoms with Crippen LogP contribution in [0.5, 0.6) is 5.75 Å². The number of aryl methyl sites for hydroxylation is 1. The van der Waals surface area contributed by atoms with Crippen LogP contribution in [0.2, 0.25) is 0 Å². The number of alkyl halides is 3. The number of aromatic nitrogens is 2. The monoisotopic (exact) mass is 436 g/mol. The van der Waals surface area contributed by atoms with Gasteiger partial charge in [-0.2, -0.15) is 18.3 Å². The Morgan fingerprint density at radius 2 is 1.77 bits per heavy atom. The maximum absolute atomic E-state index is 13.0. The summed E-state index contributed by atoms with van der Waals surface area (Å²) in [6.07, 6.45) is -4.56. The smallest absolute Gasteiger partial charge is 0.416 e. The lowest BCUT2D eigenvalue weighted by molar-refractivity contribution is -0.137. The van der Waals surface area contributed by atoms with Crippen molar-refractivity contribution in [1.82, 2.24) is 9.78 Å². The molecule has 0 aliphatic heterocycles. The Morgan fingerprint density at radius 1 is 1.06 bits per heavy atom. The minimum atomic E-state index is -4.56. The van der Waals surface area contributed by atoms with Crippen molar-refractivity contribution in [2.45, 2.75) is 13.1 Å². The maximum Gasteiger partial charge on any atom is 0.416 e. The lowest BCUT2D eigenvalue weighted by Gasteiger charge is -2.13. The van der Waals surface area contributed by atoms with Crippen molar-refractivity contribution >= 4 is 5.97 Å². The second-order valence-electron chi connectivity index (χ2n) is 6.40. The first-order valence-corrected chi connectivity index (χ1v) is 8.99. The van der Waals surface area contributed by atoms with Crippen molar-refractivity contribution in [3.05, 3.63) is 87.6 Å². The molecule has 0 radical (unpaired) electrons. The van der Waals surface area contributed by atoms with Crippen molar-refractivity contribution in [3.8, 4) is 11.4 Å². The van der Waals surface area contributed by atoms with E-state index in [0.29, 0.717) is 5.75 Å². The van der Waals surface area contributed by atoms with Gasteiger partial charge in [-0.05, 0) is 49.4 Å². The van der Waals surface area contributed by atoms with E-state index >= 15 is 0 Å². The second-order valence-corrected chi connectivity index (χ2v) is 6.40. The van der Waals surface area contributed by atoms with E-state index in [4.69, 9.17) is 9.47 Å². The number of nitrogens with zero attached hydrogens (tertiary/aromatic N) is 2. The van der Waals surface area contributed by atoms with Crippen LogP contribution >= 0.6 is 0 Å². The molecule has 10 heteroatoms. The van der Waals surface area contributed by atoms with Crippen molar-refractivity contribution in [2.24, 2.45) is 0 Å². The summed E-state index contributed by atoms with van der Waals surface area (Å²) in [7, 11) is 0. The molecule has 3 aromatic rings. The Kier molecular flexibility index (Phi) is 6.38. The van der Waals surface area contributed by atoms with Crippen LogP contribution in [0, 0.1) is 12.7 Å². The Morgan fingerprint density at radius 3 is 2.45 bits per heavy atom. The van der Waals surface area contributed by atoms with Crippen LogP contribution in [0.3, 0.4) is 0 Å². The first-order chi connectivity index (χ1) is 14.6. The molecule has 0 unspecified atom stereocenters. The van der Waals surface area contributed by atoms with E-state index in [2.05, 4.69) is 5.10 Å². The van der Waals surface area contributed by atoms with E-state index in [1.807, 2.05) is 0 Å². The van der Waals surface area contributed by atoms with Crippen LogP contribution in [-0.4, -0.2) is 29.0 Å². The predicted octanol–water partition coefficient (Wildman–Crippen LogP) is 3.93. The zero-order valence-corrected chi connectivity index (χ0v) is 16.1. The van der Waals surface area contributed by atoms with Crippen LogP contribution in [0.1, 0.15) is 21.7 Å². The van der Waals surface area contributed by atoms with Gasteiger partial charge in [0.2, 0.25) is 11.1 Å². The summed E-state index contributed by atoms with van der Waals surface area (Å²) in [5.41, 5.74) is -1.94. The first-order valence-electron chi connectivity index (χ1n) is 8.99. The largest absolute Gasteiger partial charge is 0.490 e. The molecule has 0 aliphatic carbocycles. The van der Waals surface area contributed by atoms with E-state index in [0.717, 1.165) is 22.9 Å². The number of esters is 1. The van der Waals surface area contributed by atoms with Crippen LogP contribution in [0.15, 0.2) is 59.4 Å². The lowest BCUT2D eigenvalue weighted by atomic mass is 10.2. The average Bonchev–Trinajstić information content (AvgIpc) is 2.72. The zero-order valence-electron chi connectivity index (χ0n) is 16.1. The summed E-state index contributed by atoms with van der Waals surface area (Å²) < 4.78 is 63.1. The number of ether oxygens (including phenoxy) is 2. The number of rotatable bonds is 6. The molecule has 6 nitrogen and oxygen atoms in total. The number of carbonyl (C=O) groups is 1. The van der Waals surface area contributed by atoms with Gasteiger partial charge < -0.3 is 9.47 Å². The summed E-state index contributed by atoms with van der Waals surface area (Å²) in [6.45, 7) is 1.18. The molecule has 0 atom stereocenters. The van der Waals surface area contributed by atoms with E-state index in [1.54, 1.807) is 0 Å². The summed E-state index contributed by atoms with van der Waals surface area (Å²) in [5.74, 6) is -1.12. The number of benzene rings is 2. The molecule has 1 aromatic heterocycles. The summed E-state index contributed by atoms with van der Waals surface area (Å²) in [6, 6.07) is 10.6. The highest BCUT2D eigenvalue weighted by Gasteiger charge is 2.30. The van der Waals surface area contributed by atoms with Crippen molar-refractivity contribution in [3.63, 3.8) is 0 Å². The Labute approximate surface area is 173 Å². The summed E-state index contributed by atoms with van der Waals surface area (Å²) in [4.78, 5) is 24.4. The third-order valence-corrected chi connectivity index (χ3v) is 4.12. The van der Waals surface area contributed by atoms with E-state index < -0.39 is 34.6 Å². The molecule has 2 aromatic carbocycles. The fraction of sp³-hybridized carbons (Fsp3) is 0.190. The van der Waals surface area contributed by atoms with Gasteiger partial charge in [-0.15, -0.1) is 0 Å². The van der Waals surface area contributed by atoms with Gasteiger partial charge in [0.15, 0.2) is 0 Å². The molecule has 0 saturated heterocycles. The zero-order chi connectivity index (χ0) is 22.6. The Balaban J connectivity index is 1.74. The van der Waals surface area contributed by atoms with Gasteiger partial charge in [0.05, 0.1) is 11.3 Å². The van der Waals surface area contributed by atoms with E-state index in [9.17, 15) is 27.2 Å². The third kappa shape index (κ3) is 5.47. The molecule has 0 saturated carbocycles. The Hall–Kier alpha value is -3.69. The normalized spacial score (nSPS) is 11.3. The van der Waals surface area contributed by atoms with Crippen molar-refractivity contribution < 1.29 is 31.8 Å². The van der Waals surface area contributed by atoms with Gasteiger partial charge in [0.25, 0.3) is 0 Å². The fourth-order valence-corrected chi connectivity index (χ4v) is 2.66. The van der Waals surface area contributed by atoms with Crippen molar-refractivity contribution in [2.75, 3.05) is 13.2 Å². The molecule has 162 valence electrons. The summed E-state index contributed by atoms with van der Waals surface area (Å²) >= 11 is 0. The quantitative estimate of drug-likeness (QED) is 0.333. The number of carbonyl (C=O) groups excluding carboxylic acids is 1. The predicted molar refractivity (Wildman–Crippen MR) is 102 cm³/mol. The minimum Gasteiger partial charge on any atom is -0.490 e. The highest BCUT2D eigenvalue weighted by Crippen LogP contribution is 2.30. The second kappa shape index (κ2) is 8.99. The highest BCUT2D eigenvalue weighted by atomic mass is 19.4. The molecular formula is C21H16F4N2O4. The van der Waals surface area contributed by atoms with Gasteiger partial charge in [-0.3, -0.25) is 4.79 Å². The van der Waals surface area contributed by atoms with Crippen LogP contribution in [0.4, 0.5) is 17.6 Å². The number of hydrogen-bond acceptors (Lipinski definition) is 5. The fourth-order valence-electron chi connectivity index (χ4n) is 2.66. The standard InChI is InChI=1S/C21H16F4N2O4/c1-13-11-18(28)19(20(29)31-10-9-30-17-7-5-15(22)6-8-17)26-27(13)16-4-2-3-14(12-16)21(23,24)25/h2-8,11-12H,9-10H2,1H3. The van der Waals surface area contributed by atoms with Gasteiger partial charge >= 0.3 is 12.1 Å². The van der Waals surface area contributed by atoms with Crippen molar-refractivity contribution in [1.29, 1.82) is 0 Å². The number of halogens is 4. The van der Waals surface area contributed by atoms with Crippen LogP contribution in [0.25, 0.3) is 5.69 Å². The maximum atomic E-state index is 13.0. The lowest BCUT2D eigenvalue weighted by Crippen LogP contribution is -2.25. The van der Waals surface area contributed by atoms with Gasteiger partial charge in [-0.1, -0.05) is 6.07 Å². The van der Waals surface area contributed by atoms with Crippen LogP contribution < -0.4 is 10.2 Å². The van der Waals surface area contributed by atoms with Gasteiger partial charge in [0, 0.05) is 11.8 Å². The molecule has 3 rings (SSSR count). The van der Waals surface area contributed by atoms with Crippen LogP contribution in [-0.2, 0) is 10.9 Å². The molecule has 0 spiro atoms. The minimum absolute atomic E-state index is 0.0287. The molecular weight excluding hydrogens is 420 g/mol. The molecule has 0 fully saturated rings. The highest BCUT2D eigenvalue weighted by molar-refractivity contribution is 5.86. The SMILES string of the molecule is Cc1cc(=O)c(C(=O)OCCOc2ccc(F)cc2)nn1-c1cccc(C(F)(F)F)c1. The topological polar surface area (TPSA) is 70.4 Å².